The van der Waals surface area contributed by atoms with Crippen LogP contribution in [-0.4, -0.2) is 4.57 Å². The van der Waals surface area contributed by atoms with E-state index in [9.17, 15) is 0 Å². The monoisotopic (exact) mass is 746 g/mol. The summed E-state index contributed by atoms with van der Waals surface area (Å²) in [7, 11) is 0. The molecule has 0 fully saturated rings. The van der Waals surface area contributed by atoms with Crippen molar-refractivity contribution in [3.05, 3.63) is 199 Å². The van der Waals surface area contributed by atoms with E-state index in [1.165, 1.54) is 97.8 Å². The summed E-state index contributed by atoms with van der Waals surface area (Å²) in [5.74, 6) is 6.75. The third kappa shape index (κ3) is 5.81. The fourth-order valence-corrected chi connectivity index (χ4v) is 9.99. The van der Waals surface area contributed by atoms with E-state index >= 15 is 0 Å². The van der Waals surface area contributed by atoms with Crippen LogP contribution in [0.1, 0.15) is 36.8 Å². The lowest BCUT2D eigenvalue weighted by Gasteiger charge is -2.32. The van der Waals surface area contributed by atoms with Crippen LogP contribution in [0.25, 0.3) is 69.6 Å². The van der Waals surface area contributed by atoms with E-state index in [1.807, 2.05) is 11.3 Å². The fourth-order valence-electron chi connectivity index (χ4n) is 8.91. The largest absolute Gasteiger partial charge is 0.314 e. The van der Waals surface area contributed by atoms with Crippen LogP contribution in [0, 0.1) is 11.8 Å². The molecule has 2 heterocycles. The van der Waals surface area contributed by atoms with Crippen molar-refractivity contribution >= 4 is 86.6 Å². The first kappa shape index (κ1) is 33.5. The van der Waals surface area contributed by atoms with Crippen LogP contribution in [0.2, 0.25) is 0 Å². The van der Waals surface area contributed by atoms with Gasteiger partial charge in [-0.05, 0) is 95.6 Å². The number of allylic oxidation sites excluding steroid dienone is 8. The van der Waals surface area contributed by atoms with Gasteiger partial charge in [0.05, 0.1) is 16.7 Å². The number of hydrogen-bond donors (Lipinski definition) is 0. The molecule has 0 atom stereocenters. The molecule has 11 rings (SSSR count). The second-order valence-corrected chi connectivity index (χ2v) is 16.0. The Hall–Kier alpha value is -6.86. The minimum Gasteiger partial charge on any atom is -0.314 e. The maximum atomic E-state index is 3.43. The number of thiophene rings is 1. The number of benzene rings is 7. The van der Waals surface area contributed by atoms with Crippen LogP contribution >= 0.6 is 11.3 Å². The minimum absolute atomic E-state index is 0.721. The average molecular weight is 747 g/mol. The maximum Gasteiger partial charge on any atom is 0.0619 e. The summed E-state index contributed by atoms with van der Waals surface area (Å²) in [4.78, 5) is 2.53. The van der Waals surface area contributed by atoms with Gasteiger partial charge in [-0.25, -0.2) is 0 Å². The molecule has 0 unspecified atom stereocenters. The van der Waals surface area contributed by atoms with Gasteiger partial charge in [0.1, 0.15) is 0 Å². The molecule has 0 spiro atoms. The summed E-state index contributed by atoms with van der Waals surface area (Å²) in [6.07, 6.45) is 14.8. The summed E-state index contributed by atoms with van der Waals surface area (Å²) in [5.41, 5.74) is 12.2. The van der Waals surface area contributed by atoms with Gasteiger partial charge in [-0.2, -0.15) is 0 Å². The Balaban J connectivity index is 1.10. The van der Waals surface area contributed by atoms with Gasteiger partial charge in [-0.3, -0.25) is 0 Å². The molecule has 0 amide bonds. The first-order chi connectivity index (χ1) is 28.3. The fraction of sp³-hybridized carbons (Fsp3) is 0.0741. The number of fused-ring (bicyclic) bond motifs is 8. The van der Waals surface area contributed by atoms with Crippen LogP contribution in [0.5, 0.6) is 0 Å². The number of aromatic nitrogens is 1. The quantitative estimate of drug-likeness (QED) is 0.154. The summed E-state index contributed by atoms with van der Waals surface area (Å²) in [6.45, 7) is 0. The molecule has 2 aliphatic carbocycles. The zero-order chi connectivity index (χ0) is 37.7. The summed E-state index contributed by atoms with van der Waals surface area (Å²) >= 11 is 1.87. The average Bonchev–Trinajstić information content (AvgIpc) is 3.80. The molecular weight excluding hydrogens is 709 g/mol. The van der Waals surface area contributed by atoms with Gasteiger partial charge in [0.25, 0.3) is 0 Å². The molecule has 0 saturated heterocycles. The zero-order valence-corrected chi connectivity index (χ0v) is 32.3. The predicted molar refractivity (Wildman–Crippen MR) is 246 cm³/mol. The summed E-state index contributed by atoms with van der Waals surface area (Å²) < 4.78 is 5.07. The Morgan fingerprint density at radius 2 is 1.44 bits per heavy atom. The van der Waals surface area contributed by atoms with Gasteiger partial charge in [-0.1, -0.05) is 133 Å². The van der Waals surface area contributed by atoms with Crippen LogP contribution in [-0.2, 0) is 0 Å². The van der Waals surface area contributed by atoms with Crippen LogP contribution < -0.4 is 4.90 Å². The van der Waals surface area contributed by atoms with Crippen molar-refractivity contribution in [2.24, 2.45) is 0 Å². The minimum atomic E-state index is 0.721. The SMILES string of the molecule is C1#CC/C(c2ccccc2N(C2=CC(c3ccc4ccc5c6ccccc6n(-c6ccccc6)c5c4c3)=CCC2)c2ccc3sc4ccccc4c3c2)=C\C=C/C1. The Morgan fingerprint density at radius 3 is 2.39 bits per heavy atom. The molecule has 2 nitrogen and oxygen atoms in total. The van der Waals surface area contributed by atoms with Crippen molar-refractivity contribution < 1.29 is 0 Å². The molecule has 7 aromatic carbocycles. The van der Waals surface area contributed by atoms with Crippen LogP contribution in [0.15, 0.2) is 188 Å². The summed E-state index contributed by atoms with van der Waals surface area (Å²) in [6, 6.07) is 55.9. The van der Waals surface area contributed by atoms with Gasteiger partial charge < -0.3 is 9.47 Å². The molecule has 270 valence electrons. The standard InChI is InChI=1S/C54H38N2S/c1-2-5-16-37(17-6-3-1)44-22-9-12-25-50(44)55(43-31-33-53-49(36-43)46-24-11-14-27-52(46)57-53)42-21-15-18-39(34-42)40-29-28-38-30-32-47-45-23-10-13-26-51(45)56(54(47)48(38)35-40)41-19-7-4-8-20-41/h2,4-5,7-14,16,18-20,22-36H,1,15,17,21H2/b5-2-,37-16+. The molecule has 0 aliphatic heterocycles. The highest BCUT2D eigenvalue weighted by Crippen LogP contribution is 2.44. The van der Waals surface area contributed by atoms with E-state index < -0.39 is 0 Å². The molecule has 2 aromatic heterocycles. The zero-order valence-electron chi connectivity index (χ0n) is 31.5. The molecule has 2 aliphatic rings. The van der Waals surface area contributed by atoms with Crippen molar-refractivity contribution in [2.45, 2.75) is 25.7 Å². The Kier molecular flexibility index (Phi) is 8.23. The molecule has 0 saturated carbocycles. The molecular formula is C54H38N2S. The molecule has 57 heavy (non-hydrogen) atoms. The predicted octanol–water partition coefficient (Wildman–Crippen LogP) is 14.9. The number of hydrogen-bond acceptors (Lipinski definition) is 2. The highest BCUT2D eigenvalue weighted by molar-refractivity contribution is 7.25. The number of anilines is 2. The van der Waals surface area contributed by atoms with E-state index in [4.69, 9.17) is 0 Å². The van der Waals surface area contributed by atoms with E-state index in [0.717, 1.165) is 25.7 Å². The molecule has 0 bridgehead atoms. The molecule has 0 radical (unpaired) electrons. The van der Waals surface area contributed by atoms with E-state index in [-0.39, 0.29) is 0 Å². The highest BCUT2D eigenvalue weighted by atomic mass is 32.1. The van der Waals surface area contributed by atoms with Gasteiger partial charge in [-0.15, -0.1) is 11.3 Å². The highest BCUT2D eigenvalue weighted by Gasteiger charge is 2.23. The van der Waals surface area contributed by atoms with Gasteiger partial charge in [0.15, 0.2) is 0 Å². The first-order valence-electron chi connectivity index (χ1n) is 19.8. The molecule has 3 heteroatoms. The van der Waals surface area contributed by atoms with Gasteiger partial charge in [0.2, 0.25) is 0 Å². The normalized spacial score (nSPS) is 15.8. The van der Waals surface area contributed by atoms with Crippen LogP contribution in [0.4, 0.5) is 11.4 Å². The lowest BCUT2D eigenvalue weighted by molar-refractivity contribution is 0.921. The van der Waals surface area contributed by atoms with Crippen molar-refractivity contribution in [1.29, 1.82) is 0 Å². The Bertz CT molecular complexity index is 3250. The Morgan fingerprint density at radius 1 is 0.632 bits per heavy atom. The first-order valence-corrected chi connectivity index (χ1v) is 20.6. The Labute approximate surface area is 336 Å². The third-order valence-electron chi connectivity index (χ3n) is 11.5. The van der Waals surface area contributed by atoms with Gasteiger partial charge >= 0.3 is 0 Å². The summed E-state index contributed by atoms with van der Waals surface area (Å²) in [5, 5.41) is 7.65. The number of para-hydroxylation sites is 3. The second kappa shape index (κ2) is 14.0. The topological polar surface area (TPSA) is 8.17 Å². The lowest BCUT2D eigenvalue weighted by Crippen LogP contribution is -2.19. The number of rotatable bonds is 6. The van der Waals surface area contributed by atoms with Crippen molar-refractivity contribution in [2.75, 3.05) is 4.90 Å². The van der Waals surface area contributed by atoms with Gasteiger partial charge in [0, 0.05) is 71.8 Å². The third-order valence-corrected chi connectivity index (χ3v) is 12.7. The smallest absolute Gasteiger partial charge is 0.0619 e. The van der Waals surface area contributed by atoms with E-state index in [0.29, 0.717) is 0 Å². The van der Waals surface area contributed by atoms with Crippen molar-refractivity contribution in [3.8, 4) is 17.5 Å². The molecule has 0 N–H and O–H groups in total. The van der Waals surface area contributed by atoms with Crippen LogP contribution in [0.3, 0.4) is 0 Å². The van der Waals surface area contributed by atoms with E-state index in [1.54, 1.807) is 0 Å². The van der Waals surface area contributed by atoms with E-state index in [2.05, 4.69) is 203 Å². The lowest BCUT2D eigenvalue weighted by atomic mass is 9.93. The number of nitrogens with zero attached hydrogens (tertiary/aromatic N) is 2. The van der Waals surface area contributed by atoms with Crippen molar-refractivity contribution in [3.63, 3.8) is 0 Å². The molecule has 9 aromatic rings. The maximum absolute atomic E-state index is 3.43. The second-order valence-electron chi connectivity index (χ2n) is 14.9. The van der Waals surface area contributed by atoms with Crippen molar-refractivity contribution in [1.82, 2.24) is 4.57 Å².